The Kier molecular flexibility index (Phi) is 5.43. The molecule has 0 unspecified atom stereocenters. The molecule has 0 spiro atoms. The number of pyridine rings is 1. The first-order valence-corrected chi connectivity index (χ1v) is 10.3. The Balaban J connectivity index is 1.79. The van der Waals surface area contributed by atoms with Gasteiger partial charge in [-0.15, -0.1) is 0 Å². The van der Waals surface area contributed by atoms with Crippen LogP contribution in [0, 0.1) is 0 Å². The van der Waals surface area contributed by atoms with Gasteiger partial charge >= 0.3 is 6.03 Å². The van der Waals surface area contributed by atoms with Crippen LogP contribution in [0.15, 0.2) is 41.4 Å². The zero-order chi connectivity index (χ0) is 18.7. The summed E-state index contributed by atoms with van der Waals surface area (Å²) in [6, 6.07) is 8.61. The van der Waals surface area contributed by atoms with Crippen LogP contribution in [0.3, 0.4) is 0 Å². The van der Waals surface area contributed by atoms with Gasteiger partial charge < -0.3 is 9.80 Å². The van der Waals surface area contributed by atoms with E-state index in [-0.39, 0.29) is 10.9 Å². The lowest BCUT2D eigenvalue weighted by Crippen LogP contribution is -2.53. The molecule has 140 valence electrons. The predicted octanol–water partition coefficient (Wildman–Crippen LogP) is 2.00. The highest BCUT2D eigenvalue weighted by Gasteiger charge is 2.32. The summed E-state index contributed by atoms with van der Waals surface area (Å²) in [6.07, 6.45) is 1.65. The van der Waals surface area contributed by atoms with E-state index in [0.29, 0.717) is 50.2 Å². The van der Waals surface area contributed by atoms with Crippen molar-refractivity contribution in [3.8, 4) is 0 Å². The molecule has 0 atom stereocenters. The lowest BCUT2D eigenvalue weighted by atomic mass is 10.2. The molecule has 2 heterocycles. The van der Waals surface area contributed by atoms with E-state index in [9.17, 15) is 13.2 Å². The number of piperazine rings is 1. The molecule has 1 aromatic carbocycles. The van der Waals surface area contributed by atoms with Crippen LogP contribution >= 0.6 is 0 Å². The zero-order valence-corrected chi connectivity index (χ0v) is 15.9. The van der Waals surface area contributed by atoms with Gasteiger partial charge in [0.05, 0.1) is 10.4 Å². The lowest BCUT2D eigenvalue weighted by molar-refractivity contribution is 0.138. The van der Waals surface area contributed by atoms with E-state index in [2.05, 4.69) is 4.98 Å². The fraction of sp³-hybridized carbons (Fsp3) is 0.444. The van der Waals surface area contributed by atoms with Crippen molar-refractivity contribution in [3.05, 3.63) is 36.5 Å². The molecule has 0 bridgehead atoms. The Labute approximate surface area is 154 Å². The number of sulfonamides is 1. The fourth-order valence-electron chi connectivity index (χ4n) is 3.25. The number of hydrogen-bond acceptors (Lipinski definition) is 4. The molecule has 1 aromatic heterocycles. The first kappa shape index (κ1) is 18.6. The summed E-state index contributed by atoms with van der Waals surface area (Å²) < 4.78 is 27.7. The molecule has 3 rings (SSSR count). The second-order valence-electron chi connectivity index (χ2n) is 6.17. The van der Waals surface area contributed by atoms with Crippen molar-refractivity contribution in [2.75, 3.05) is 39.3 Å². The molecule has 2 aromatic rings. The van der Waals surface area contributed by atoms with Gasteiger partial charge in [-0.05, 0) is 38.1 Å². The molecule has 26 heavy (non-hydrogen) atoms. The molecular formula is C18H24N4O3S. The lowest BCUT2D eigenvalue weighted by Gasteiger charge is -2.36. The number of amides is 2. The van der Waals surface area contributed by atoms with Gasteiger partial charge in [-0.1, -0.05) is 6.07 Å². The molecule has 1 aliphatic rings. The average molecular weight is 376 g/mol. The first-order chi connectivity index (χ1) is 12.5. The number of rotatable bonds is 4. The van der Waals surface area contributed by atoms with Crippen molar-refractivity contribution in [1.82, 2.24) is 19.1 Å². The van der Waals surface area contributed by atoms with E-state index in [1.807, 2.05) is 13.8 Å². The Morgan fingerprint density at radius 3 is 2.42 bits per heavy atom. The maximum Gasteiger partial charge on any atom is 0.320 e. The summed E-state index contributed by atoms with van der Waals surface area (Å²) in [7, 11) is -3.63. The number of aromatic nitrogens is 1. The minimum absolute atomic E-state index is 0.0265. The summed E-state index contributed by atoms with van der Waals surface area (Å²) in [4.78, 5) is 20.4. The number of carbonyl (C=O) groups is 1. The Morgan fingerprint density at radius 2 is 1.77 bits per heavy atom. The van der Waals surface area contributed by atoms with Gasteiger partial charge in [0, 0.05) is 50.9 Å². The second kappa shape index (κ2) is 7.59. The van der Waals surface area contributed by atoms with Gasteiger partial charge in [0.2, 0.25) is 10.0 Å². The molecule has 1 saturated heterocycles. The third-order valence-electron chi connectivity index (χ3n) is 4.77. The van der Waals surface area contributed by atoms with Crippen molar-refractivity contribution < 1.29 is 13.2 Å². The monoisotopic (exact) mass is 376 g/mol. The summed E-state index contributed by atoms with van der Waals surface area (Å²) in [5.41, 5.74) is 0.656. The maximum absolute atomic E-state index is 13.1. The van der Waals surface area contributed by atoms with Crippen molar-refractivity contribution in [1.29, 1.82) is 0 Å². The van der Waals surface area contributed by atoms with E-state index < -0.39 is 10.0 Å². The molecule has 0 N–H and O–H groups in total. The Hall–Kier alpha value is -2.19. The topological polar surface area (TPSA) is 73.8 Å². The van der Waals surface area contributed by atoms with Crippen molar-refractivity contribution in [2.45, 2.75) is 18.7 Å². The normalized spacial score (nSPS) is 16.0. The van der Waals surface area contributed by atoms with Crippen LogP contribution in [0.1, 0.15) is 13.8 Å². The minimum Gasteiger partial charge on any atom is -0.325 e. The molecule has 1 aliphatic heterocycles. The number of nitrogens with zero attached hydrogens (tertiary/aromatic N) is 4. The first-order valence-electron chi connectivity index (χ1n) is 8.86. The van der Waals surface area contributed by atoms with Crippen molar-refractivity contribution >= 4 is 27.0 Å². The largest absolute Gasteiger partial charge is 0.325 e. The van der Waals surface area contributed by atoms with E-state index in [1.165, 1.54) is 4.31 Å². The standard InChI is InChI=1S/C18H24N4O3S/c1-3-20(4-2)18(23)21-11-13-22(14-12-21)26(24,25)17-9-5-8-16-15(17)7-6-10-19-16/h5-10H,3-4,11-14H2,1-2H3. The number of carbonyl (C=O) groups excluding carboxylic acids is 1. The summed E-state index contributed by atoms with van der Waals surface area (Å²) in [5.74, 6) is 0. The van der Waals surface area contributed by atoms with Crippen LogP contribution in [0.5, 0.6) is 0 Å². The molecule has 0 aliphatic carbocycles. The van der Waals surface area contributed by atoms with Crippen molar-refractivity contribution in [2.24, 2.45) is 0 Å². The highest BCUT2D eigenvalue weighted by molar-refractivity contribution is 7.89. The molecule has 0 saturated carbocycles. The molecule has 1 fully saturated rings. The van der Waals surface area contributed by atoms with Gasteiger partial charge in [0.15, 0.2) is 0 Å². The van der Waals surface area contributed by atoms with E-state index in [1.54, 1.807) is 46.3 Å². The smallest absolute Gasteiger partial charge is 0.320 e. The number of fused-ring (bicyclic) bond motifs is 1. The Morgan fingerprint density at radius 1 is 1.08 bits per heavy atom. The van der Waals surface area contributed by atoms with Gasteiger partial charge in [0.25, 0.3) is 0 Å². The quantitative estimate of drug-likeness (QED) is 0.818. The molecule has 2 amide bonds. The summed E-state index contributed by atoms with van der Waals surface area (Å²) in [5, 5.41) is 0.622. The summed E-state index contributed by atoms with van der Waals surface area (Å²) >= 11 is 0. The van der Waals surface area contributed by atoms with Crippen LogP contribution in [0.4, 0.5) is 4.79 Å². The Bertz CT molecular complexity index is 883. The molecule has 8 heteroatoms. The second-order valence-corrected chi connectivity index (χ2v) is 8.08. The maximum atomic E-state index is 13.1. The van der Waals surface area contributed by atoms with E-state index in [0.717, 1.165) is 0 Å². The SMILES string of the molecule is CCN(CC)C(=O)N1CCN(S(=O)(=O)c2cccc3ncccc23)CC1. The third kappa shape index (κ3) is 3.39. The van der Waals surface area contributed by atoms with Crippen molar-refractivity contribution in [3.63, 3.8) is 0 Å². The zero-order valence-electron chi connectivity index (χ0n) is 15.1. The fourth-order valence-corrected chi connectivity index (χ4v) is 4.88. The number of benzene rings is 1. The van der Waals surface area contributed by atoms with Crippen LogP contribution in [0.25, 0.3) is 10.9 Å². The highest BCUT2D eigenvalue weighted by Crippen LogP contribution is 2.25. The van der Waals surface area contributed by atoms with Crippen LogP contribution in [-0.2, 0) is 10.0 Å². The van der Waals surface area contributed by atoms with Gasteiger partial charge in [-0.2, -0.15) is 4.31 Å². The van der Waals surface area contributed by atoms with E-state index in [4.69, 9.17) is 0 Å². The average Bonchev–Trinajstić information content (AvgIpc) is 2.68. The number of urea groups is 1. The third-order valence-corrected chi connectivity index (χ3v) is 6.72. The minimum atomic E-state index is -3.63. The molecule has 7 nitrogen and oxygen atoms in total. The van der Waals surface area contributed by atoms with E-state index >= 15 is 0 Å². The summed E-state index contributed by atoms with van der Waals surface area (Å²) in [6.45, 7) is 6.58. The predicted molar refractivity (Wildman–Crippen MR) is 100 cm³/mol. The molecular weight excluding hydrogens is 352 g/mol. The van der Waals surface area contributed by atoms with Crippen LogP contribution < -0.4 is 0 Å². The van der Waals surface area contributed by atoms with Crippen LogP contribution in [0.2, 0.25) is 0 Å². The molecule has 0 radical (unpaired) electrons. The van der Waals surface area contributed by atoms with Gasteiger partial charge in [-0.3, -0.25) is 4.98 Å². The van der Waals surface area contributed by atoms with Crippen LogP contribution in [-0.4, -0.2) is 72.8 Å². The van der Waals surface area contributed by atoms with Gasteiger partial charge in [-0.25, -0.2) is 13.2 Å². The van der Waals surface area contributed by atoms with Gasteiger partial charge in [0.1, 0.15) is 0 Å². The number of hydrogen-bond donors (Lipinski definition) is 0. The highest BCUT2D eigenvalue weighted by atomic mass is 32.2.